The molecule has 2 amide bonds. The van der Waals surface area contributed by atoms with Crippen molar-refractivity contribution in [2.24, 2.45) is 5.92 Å². The van der Waals surface area contributed by atoms with Crippen LogP contribution in [0.3, 0.4) is 0 Å². The van der Waals surface area contributed by atoms with Crippen molar-refractivity contribution in [2.75, 3.05) is 51.6 Å². The highest BCUT2D eigenvalue weighted by atomic mass is 79.9. The molecule has 0 radical (unpaired) electrons. The van der Waals surface area contributed by atoms with E-state index < -0.39 is 12.1 Å². The molecular weight excluding hydrogens is 784 g/mol. The second-order valence-electron chi connectivity index (χ2n) is 13.9. The zero-order chi connectivity index (χ0) is 37.7. The fourth-order valence-electron chi connectivity index (χ4n) is 7.17. The van der Waals surface area contributed by atoms with Gasteiger partial charge >= 0.3 is 6.09 Å². The van der Waals surface area contributed by atoms with E-state index in [9.17, 15) is 9.59 Å². The number of amides is 2. The number of carbonyl (C=O) groups excluding carboxylic acids is 2. The van der Waals surface area contributed by atoms with Gasteiger partial charge in [0.2, 0.25) is 5.91 Å². The Morgan fingerprint density at radius 1 is 0.833 bits per heavy atom. The molecule has 8 nitrogen and oxygen atoms in total. The number of alkyl carbamates (subject to hydrolysis) is 1. The van der Waals surface area contributed by atoms with Gasteiger partial charge in [-0.05, 0) is 103 Å². The van der Waals surface area contributed by atoms with Crippen LogP contribution in [0.25, 0.3) is 0 Å². The van der Waals surface area contributed by atoms with E-state index in [-0.39, 0.29) is 18.4 Å². The normalized spacial score (nSPS) is 16.2. The summed E-state index contributed by atoms with van der Waals surface area (Å²) < 4.78 is 12.9. The van der Waals surface area contributed by atoms with E-state index in [0.717, 1.165) is 90.7 Å². The molecule has 0 spiro atoms. The van der Waals surface area contributed by atoms with Gasteiger partial charge in [-0.2, -0.15) is 0 Å². The summed E-state index contributed by atoms with van der Waals surface area (Å²) in [6.45, 7) is 8.94. The molecule has 2 saturated heterocycles. The third-order valence-corrected chi connectivity index (χ3v) is 12.2. The third-order valence-electron chi connectivity index (χ3n) is 10.2. The van der Waals surface area contributed by atoms with Crippen LogP contribution in [0, 0.1) is 5.92 Å². The summed E-state index contributed by atoms with van der Waals surface area (Å²) in [5.41, 5.74) is 4.46. The first-order chi connectivity index (χ1) is 26.3. The van der Waals surface area contributed by atoms with Gasteiger partial charge < -0.3 is 24.6 Å². The van der Waals surface area contributed by atoms with Crippen molar-refractivity contribution in [1.29, 1.82) is 0 Å². The quantitative estimate of drug-likeness (QED) is 0.120. The molecule has 54 heavy (non-hydrogen) atoms. The van der Waals surface area contributed by atoms with E-state index in [1.165, 1.54) is 16.0 Å². The van der Waals surface area contributed by atoms with E-state index in [1.54, 1.807) is 0 Å². The molecule has 1 atom stereocenters. The highest BCUT2D eigenvalue weighted by molar-refractivity contribution is 9.10. The monoisotopic (exact) mass is 832 g/mol. The molecule has 2 aliphatic heterocycles. The Bertz CT molecular complexity index is 1800. The van der Waals surface area contributed by atoms with Crippen molar-refractivity contribution in [3.05, 3.63) is 129 Å². The number of carbonyl (C=O) groups is 2. The Morgan fingerprint density at radius 2 is 1.52 bits per heavy atom. The maximum Gasteiger partial charge on any atom is 0.408 e. The molecule has 286 valence electrons. The molecule has 2 heterocycles. The molecule has 4 aromatic carbocycles. The molecule has 0 aliphatic carbocycles. The Hall–Kier alpha value is -3.54. The predicted molar refractivity (Wildman–Crippen MR) is 221 cm³/mol. The van der Waals surface area contributed by atoms with E-state index >= 15 is 0 Å². The fraction of sp³-hybridized carbons (Fsp3) is 0.395. The van der Waals surface area contributed by atoms with E-state index in [2.05, 4.69) is 68.3 Å². The highest BCUT2D eigenvalue weighted by Crippen LogP contribution is 2.30. The predicted octanol–water partition coefficient (Wildman–Crippen LogP) is 8.69. The minimum atomic E-state index is -0.643. The first kappa shape index (κ1) is 40.1. The van der Waals surface area contributed by atoms with Gasteiger partial charge in [-0.25, -0.2) is 4.79 Å². The second kappa shape index (κ2) is 20.4. The number of halogens is 2. The lowest BCUT2D eigenvalue weighted by Crippen LogP contribution is -2.58. The number of nitrogens with one attached hydrogen (secondary N) is 1. The molecule has 0 saturated carbocycles. The van der Waals surface area contributed by atoms with Crippen LogP contribution in [0.15, 0.2) is 106 Å². The van der Waals surface area contributed by atoms with E-state index in [4.69, 9.17) is 21.1 Å². The average Bonchev–Trinajstić information content (AvgIpc) is 3.20. The molecule has 4 aromatic rings. The molecule has 0 bridgehead atoms. The number of hydrogen-bond acceptors (Lipinski definition) is 7. The van der Waals surface area contributed by atoms with Crippen molar-refractivity contribution in [3.8, 4) is 5.75 Å². The molecular formula is C43H50BrClN4O4S. The van der Waals surface area contributed by atoms with Crippen molar-refractivity contribution >= 4 is 51.3 Å². The topological polar surface area (TPSA) is 74.3 Å². The number of ether oxygens (including phenoxy) is 2. The van der Waals surface area contributed by atoms with Crippen LogP contribution in [0.4, 0.5) is 4.79 Å². The van der Waals surface area contributed by atoms with Crippen LogP contribution in [0.5, 0.6) is 5.75 Å². The van der Waals surface area contributed by atoms with Gasteiger partial charge in [0.15, 0.2) is 0 Å². The summed E-state index contributed by atoms with van der Waals surface area (Å²) in [7, 11) is 0. The minimum absolute atomic E-state index is 0.0150. The number of thioether (sulfide) groups is 1. The molecule has 0 aromatic heterocycles. The number of piperazine rings is 1. The standard InChI is InChI=1S/C43H50BrClN4O4S/c1-2-54-40-16-14-38(52-30-32-9-5-3-6-10-32)28-36(40)29-48-23-25-49(26-24-48)42(50)41(46-43(51)53-31-33-11-7-4-8-12-33)34-17-20-47(21-18-34)22-19-35-27-37(45)13-15-39(35)44/h3-16,27-28,34,41H,2,17-26,29-31H2,1H3,(H,46,51)/t41-/m1/s1. The summed E-state index contributed by atoms with van der Waals surface area (Å²) in [6, 6.07) is 31.5. The lowest BCUT2D eigenvalue weighted by molar-refractivity contribution is -0.137. The molecule has 2 fully saturated rings. The van der Waals surface area contributed by atoms with Gasteiger partial charge in [0.05, 0.1) is 0 Å². The smallest absolute Gasteiger partial charge is 0.408 e. The lowest BCUT2D eigenvalue weighted by Gasteiger charge is -2.40. The summed E-state index contributed by atoms with van der Waals surface area (Å²) in [5.74, 6) is 1.84. The molecule has 6 rings (SSSR count). The Kier molecular flexibility index (Phi) is 15.2. The van der Waals surface area contributed by atoms with Crippen LogP contribution in [-0.4, -0.2) is 84.3 Å². The van der Waals surface area contributed by atoms with Gasteiger partial charge in [0.25, 0.3) is 0 Å². The first-order valence-electron chi connectivity index (χ1n) is 18.9. The number of hydrogen-bond donors (Lipinski definition) is 1. The first-order valence-corrected chi connectivity index (χ1v) is 21.1. The average molecular weight is 834 g/mol. The number of nitrogens with zero attached hydrogens (tertiary/aromatic N) is 3. The Labute approximate surface area is 337 Å². The summed E-state index contributed by atoms with van der Waals surface area (Å²) in [4.78, 5) is 35.5. The van der Waals surface area contributed by atoms with Crippen LogP contribution in [0.1, 0.15) is 42.0 Å². The van der Waals surface area contributed by atoms with Gasteiger partial charge in [0, 0.05) is 53.7 Å². The fourth-order valence-corrected chi connectivity index (χ4v) is 8.59. The number of rotatable bonds is 15. The van der Waals surface area contributed by atoms with Gasteiger partial charge in [-0.3, -0.25) is 9.69 Å². The molecule has 0 unspecified atom stereocenters. The van der Waals surface area contributed by atoms with Crippen molar-refractivity contribution in [1.82, 2.24) is 20.0 Å². The van der Waals surface area contributed by atoms with Crippen LogP contribution >= 0.6 is 39.3 Å². The molecule has 1 N–H and O–H groups in total. The van der Waals surface area contributed by atoms with Crippen LogP contribution in [0.2, 0.25) is 5.02 Å². The van der Waals surface area contributed by atoms with Gasteiger partial charge in [0.1, 0.15) is 25.0 Å². The number of piperidine rings is 1. The van der Waals surface area contributed by atoms with Crippen molar-refractivity contribution in [2.45, 2.75) is 56.9 Å². The Morgan fingerprint density at radius 3 is 2.20 bits per heavy atom. The van der Waals surface area contributed by atoms with Crippen LogP contribution < -0.4 is 10.1 Å². The third kappa shape index (κ3) is 11.7. The van der Waals surface area contributed by atoms with E-state index in [1.807, 2.05) is 83.4 Å². The van der Waals surface area contributed by atoms with Gasteiger partial charge in [-0.1, -0.05) is 95.1 Å². The maximum atomic E-state index is 14.3. The molecule has 11 heteroatoms. The zero-order valence-corrected chi connectivity index (χ0v) is 34.1. The summed E-state index contributed by atoms with van der Waals surface area (Å²) in [5, 5.41) is 3.76. The largest absolute Gasteiger partial charge is 0.489 e. The highest BCUT2D eigenvalue weighted by Gasteiger charge is 2.36. The summed E-state index contributed by atoms with van der Waals surface area (Å²) in [6.07, 6.45) is 1.95. The van der Waals surface area contributed by atoms with Gasteiger partial charge in [-0.15, -0.1) is 11.8 Å². The SMILES string of the molecule is CCSc1ccc(OCc2ccccc2)cc1CN1CCN(C(=O)[C@H](NC(=O)OCc2ccccc2)C2CCN(CCc3cc(Cl)ccc3Br)CC2)CC1. The Balaban J connectivity index is 1.06. The number of benzene rings is 4. The number of likely N-dealkylation sites (tertiary alicyclic amines) is 1. The second-order valence-corrected chi connectivity index (χ2v) is 16.5. The lowest BCUT2D eigenvalue weighted by atomic mass is 9.88. The maximum absolute atomic E-state index is 14.3. The molecule has 2 aliphatic rings. The van der Waals surface area contributed by atoms with Crippen molar-refractivity contribution in [3.63, 3.8) is 0 Å². The summed E-state index contributed by atoms with van der Waals surface area (Å²) >= 11 is 11.8. The minimum Gasteiger partial charge on any atom is -0.489 e. The van der Waals surface area contributed by atoms with Crippen LogP contribution in [-0.2, 0) is 35.7 Å². The zero-order valence-electron chi connectivity index (χ0n) is 30.9. The van der Waals surface area contributed by atoms with Crippen molar-refractivity contribution < 1.29 is 19.1 Å². The van der Waals surface area contributed by atoms with E-state index in [0.29, 0.717) is 19.7 Å².